The molecule has 0 aliphatic carbocycles. The maximum atomic E-state index is 12.9. The second-order valence-corrected chi connectivity index (χ2v) is 8.22. The summed E-state index contributed by atoms with van der Waals surface area (Å²) in [5, 5.41) is 3.88. The summed E-state index contributed by atoms with van der Waals surface area (Å²) in [5.41, 5.74) is 1.18. The minimum absolute atomic E-state index is 0.0726. The third-order valence-corrected chi connectivity index (χ3v) is 6.36. The number of thiophene rings is 1. The molecule has 30 heavy (non-hydrogen) atoms. The molecule has 158 valence electrons. The number of hydrogen-bond acceptors (Lipinski definition) is 5. The van der Waals surface area contributed by atoms with E-state index in [1.165, 1.54) is 22.2 Å². The highest BCUT2D eigenvalue weighted by Gasteiger charge is 2.20. The molecule has 3 rings (SSSR count). The first kappa shape index (κ1) is 22.0. The molecule has 1 N–H and O–H groups in total. The van der Waals surface area contributed by atoms with Crippen molar-refractivity contribution >= 4 is 45.0 Å². The molecule has 9 heteroatoms. The van der Waals surface area contributed by atoms with Crippen molar-refractivity contribution in [1.29, 1.82) is 0 Å². The van der Waals surface area contributed by atoms with Crippen LogP contribution in [0.4, 0.5) is 0 Å². The van der Waals surface area contributed by atoms with Gasteiger partial charge >= 0.3 is 0 Å². The summed E-state index contributed by atoms with van der Waals surface area (Å²) in [6.45, 7) is 6.95. The van der Waals surface area contributed by atoms with Gasteiger partial charge in [-0.2, -0.15) is 0 Å². The van der Waals surface area contributed by atoms with Crippen LogP contribution in [0, 0.1) is 6.92 Å². The minimum Gasteiger partial charge on any atom is -0.347 e. The number of nitrogens with one attached hydrogen (secondary N) is 1. The number of likely N-dealkylation sites (N-methyl/N-ethyl adjacent to an activating group) is 1. The Kier molecular flexibility index (Phi) is 6.89. The van der Waals surface area contributed by atoms with Crippen LogP contribution < -0.4 is 10.9 Å². The summed E-state index contributed by atoms with van der Waals surface area (Å²) < 4.78 is 1.30. The SMILES string of the molecule is CCN(CC)C(=O)Cn1cnc2sc(C(=O)NCc3ccc(Cl)cc3)c(C)c2c1=O. The summed E-state index contributed by atoms with van der Waals surface area (Å²) in [6.07, 6.45) is 1.37. The first-order valence-corrected chi connectivity index (χ1v) is 10.8. The van der Waals surface area contributed by atoms with Gasteiger partial charge in [-0.25, -0.2) is 4.98 Å². The summed E-state index contributed by atoms with van der Waals surface area (Å²) in [5.74, 6) is -0.410. The van der Waals surface area contributed by atoms with Crippen LogP contribution in [0.2, 0.25) is 5.02 Å². The number of halogens is 1. The number of hydrogen-bond donors (Lipinski definition) is 1. The first-order chi connectivity index (χ1) is 14.3. The van der Waals surface area contributed by atoms with Crippen LogP contribution in [0.3, 0.4) is 0 Å². The lowest BCUT2D eigenvalue weighted by molar-refractivity contribution is -0.131. The van der Waals surface area contributed by atoms with Gasteiger partial charge in [0.15, 0.2) is 0 Å². The molecule has 0 aliphatic rings. The fourth-order valence-electron chi connectivity index (χ4n) is 3.18. The lowest BCUT2D eigenvalue weighted by Crippen LogP contribution is -2.36. The number of carbonyl (C=O) groups is 2. The fraction of sp³-hybridized carbons (Fsp3) is 0.333. The van der Waals surface area contributed by atoms with Gasteiger partial charge in [-0.05, 0) is 44.0 Å². The number of amides is 2. The van der Waals surface area contributed by atoms with Crippen molar-refractivity contribution in [1.82, 2.24) is 19.8 Å². The molecule has 0 saturated heterocycles. The van der Waals surface area contributed by atoms with Gasteiger partial charge in [0.25, 0.3) is 11.5 Å². The molecule has 0 radical (unpaired) electrons. The van der Waals surface area contributed by atoms with E-state index in [-0.39, 0.29) is 23.9 Å². The fourth-order valence-corrected chi connectivity index (χ4v) is 4.36. The topological polar surface area (TPSA) is 84.3 Å². The highest BCUT2D eigenvalue weighted by molar-refractivity contribution is 7.20. The van der Waals surface area contributed by atoms with Crippen LogP contribution in [-0.4, -0.2) is 39.4 Å². The van der Waals surface area contributed by atoms with Crippen molar-refractivity contribution < 1.29 is 9.59 Å². The number of carbonyl (C=O) groups excluding carboxylic acids is 2. The van der Waals surface area contributed by atoms with Gasteiger partial charge in [0, 0.05) is 24.7 Å². The Labute approximate surface area is 183 Å². The zero-order chi connectivity index (χ0) is 21.8. The van der Waals surface area contributed by atoms with Crippen molar-refractivity contribution in [2.75, 3.05) is 13.1 Å². The van der Waals surface area contributed by atoms with E-state index >= 15 is 0 Å². The molecule has 7 nitrogen and oxygen atoms in total. The van der Waals surface area contributed by atoms with Gasteiger partial charge in [-0.15, -0.1) is 11.3 Å². The van der Waals surface area contributed by atoms with E-state index in [0.29, 0.717) is 45.3 Å². The third-order valence-electron chi connectivity index (χ3n) is 4.91. The normalized spacial score (nSPS) is 10.9. The van der Waals surface area contributed by atoms with Crippen LogP contribution in [0.5, 0.6) is 0 Å². The zero-order valence-electron chi connectivity index (χ0n) is 17.1. The molecule has 1 aromatic carbocycles. The highest BCUT2D eigenvalue weighted by atomic mass is 35.5. The average Bonchev–Trinajstić information content (AvgIpc) is 3.07. The van der Waals surface area contributed by atoms with Crippen molar-refractivity contribution in [2.24, 2.45) is 0 Å². The van der Waals surface area contributed by atoms with Crippen LogP contribution in [0.25, 0.3) is 10.2 Å². The largest absolute Gasteiger partial charge is 0.347 e. The molecule has 2 amide bonds. The summed E-state index contributed by atoms with van der Waals surface area (Å²) in [4.78, 5) is 44.9. The molecule has 0 atom stereocenters. The van der Waals surface area contributed by atoms with Crippen LogP contribution in [0.15, 0.2) is 35.4 Å². The van der Waals surface area contributed by atoms with Crippen molar-refractivity contribution in [2.45, 2.75) is 33.9 Å². The van der Waals surface area contributed by atoms with Crippen molar-refractivity contribution in [3.8, 4) is 0 Å². The molecule has 0 aliphatic heterocycles. The van der Waals surface area contributed by atoms with Gasteiger partial charge in [-0.3, -0.25) is 19.0 Å². The number of aromatic nitrogens is 2. The van der Waals surface area contributed by atoms with Gasteiger partial charge in [0.05, 0.1) is 16.6 Å². The van der Waals surface area contributed by atoms with E-state index in [1.54, 1.807) is 24.0 Å². The predicted molar refractivity (Wildman–Crippen MR) is 119 cm³/mol. The van der Waals surface area contributed by atoms with Crippen molar-refractivity contribution in [3.63, 3.8) is 0 Å². The van der Waals surface area contributed by atoms with Crippen LogP contribution in [0.1, 0.15) is 34.6 Å². The van der Waals surface area contributed by atoms with Gasteiger partial charge < -0.3 is 10.2 Å². The highest BCUT2D eigenvalue weighted by Crippen LogP contribution is 2.26. The number of nitrogens with zero attached hydrogens (tertiary/aromatic N) is 3. The Morgan fingerprint density at radius 1 is 1.20 bits per heavy atom. The first-order valence-electron chi connectivity index (χ1n) is 9.64. The van der Waals surface area contributed by atoms with E-state index < -0.39 is 0 Å². The Balaban J connectivity index is 1.83. The minimum atomic E-state index is -0.314. The predicted octanol–water partition coefficient (Wildman–Crippen LogP) is 3.22. The monoisotopic (exact) mass is 446 g/mol. The number of benzene rings is 1. The van der Waals surface area contributed by atoms with E-state index in [4.69, 9.17) is 11.6 Å². The molecule has 0 fully saturated rings. The molecular weight excluding hydrogens is 424 g/mol. The van der Waals surface area contributed by atoms with E-state index in [2.05, 4.69) is 10.3 Å². The smallest absolute Gasteiger partial charge is 0.262 e. The second kappa shape index (κ2) is 9.40. The second-order valence-electron chi connectivity index (χ2n) is 6.79. The van der Waals surface area contributed by atoms with E-state index in [9.17, 15) is 14.4 Å². The van der Waals surface area contributed by atoms with E-state index in [0.717, 1.165) is 5.56 Å². The summed E-state index contributed by atoms with van der Waals surface area (Å²) >= 11 is 7.05. The van der Waals surface area contributed by atoms with Crippen LogP contribution in [-0.2, 0) is 17.9 Å². The molecule has 3 aromatic rings. The quantitative estimate of drug-likeness (QED) is 0.604. The Bertz CT molecular complexity index is 1130. The molecule has 0 spiro atoms. The Morgan fingerprint density at radius 3 is 2.50 bits per heavy atom. The number of fused-ring (bicyclic) bond motifs is 1. The standard InChI is InChI=1S/C21H23ClN4O3S/c1-4-25(5-2)16(27)11-26-12-24-20-17(21(26)29)13(3)18(30-20)19(28)23-10-14-6-8-15(22)9-7-14/h6-9,12H,4-5,10-11H2,1-3H3,(H,23,28). The molecule has 2 heterocycles. The average molecular weight is 447 g/mol. The van der Waals surface area contributed by atoms with Crippen molar-refractivity contribution in [3.05, 3.63) is 62.0 Å². The lowest BCUT2D eigenvalue weighted by Gasteiger charge is -2.18. The molecule has 0 bridgehead atoms. The maximum Gasteiger partial charge on any atom is 0.262 e. The zero-order valence-corrected chi connectivity index (χ0v) is 18.6. The summed E-state index contributed by atoms with van der Waals surface area (Å²) in [7, 11) is 0. The summed E-state index contributed by atoms with van der Waals surface area (Å²) in [6, 6.07) is 7.21. The maximum absolute atomic E-state index is 12.9. The molecule has 0 saturated carbocycles. The molecule has 2 aromatic heterocycles. The molecular formula is C21H23ClN4O3S. The Morgan fingerprint density at radius 2 is 1.87 bits per heavy atom. The molecule has 0 unspecified atom stereocenters. The van der Waals surface area contributed by atoms with Gasteiger partial charge in [0.1, 0.15) is 11.4 Å². The lowest BCUT2D eigenvalue weighted by atomic mass is 10.2. The Hall–Kier alpha value is -2.71. The van der Waals surface area contributed by atoms with Crippen LogP contribution >= 0.6 is 22.9 Å². The van der Waals surface area contributed by atoms with Gasteiger partial charge in [-0.1, -0.05) is 23.7 Å². The number of aryl methyl sites for hydroxylation is 1. The van der Waals surface area contributed by atoms with E-state index in [1.807, 2.05) is 26.0 Å². The number of rotatable bonds is 7. The third kappa shape index (κ3) is 4.55. The van der Waals surface area contributed by atoms with Gasteiger partial charge in [0.2, 0.25) is 5.91 Å².